The van der Waals surface area contributed by atoms with Crippen molar-refractivity contribution in [2.45, 2.75) is 6.92 Å². The average Bonchev–Trinajstić information content (AvgIpc) is 2.54. The second kappa shape index (κ2) is 7.57. The van der Waals surface area contributed by atoms with E-state index in [2.05, 4.69) is 0 Å². The molecule has 0 heterocycles. The highest BCUT2D eigenvalue weighted by Crippen LogP contribution is 2.17. The van der Waals surface area contributed by atoms with Crippen LogP contribution < -0.4 is 0 Å². The first-order chi connectivity index (χ1) is 10.6. The van der Waals surface area contributed by atoms with Gasteiger partial charge in [-0.25, -0.2) is 4.79 Å². The summed E-state index contributed by atoms with van der Waals surface area (Å²) < 4.78 is 4.93. The highest BCUT2D eigenvalue weighted by Gasteiger charge is 2.07. The van der Waals surface area contributed by atoms with Gasteiger partial charge in [-0.3, -0.25) is 4.79 Å². The van der Waals surface area contributed by atoms with Gasteiger partial charge in [0.2, 0.25) is 0 Å². The first-order valence-corrected chi connectivity index (χ1v) is 7.13. The lowest BCUT2D eigenvalue weighted by atomic mass is 10.1. The van der Waals surface area contributed by atoms with Crippen molar-refractivity contribution in [3.63, 3.8) is 0 Å². The van der Waals surface area contributed by atoms with E-state index >= 15 is 0 Å². The molecule has 22 heavy (non-hydrogen) atoms. The van der Waals surface area contributed by atoms with Crippen LogP contribution in [0.1, 0.15) is 21.5 Å². The monoisotopic (exact) mass is 314 g/mol. The van der Waals surface area contributed by atoms with Crippen molar-refractivity contribution >= 4 is 29.4 Å². The van der Waals surface area contributed by atoms with E-state index in [-0.39, 0.29) is 12.4 Å². The van der Waals surface area contributed by atoms with Crippen molar-refractivity contribution in [1.29, 1.82) is 0 Å². The molecule has 3 nitrogen and oxygen atoms in total. The van der Waals surface area contributed by atoms with Gasteiger partial charge in [0.25, 0.3) is 0 Å². The minimum Gasteiger partial charge on any atom is -0.454 e. The van der Waals surface area contributed by atoms with Gasteiger partial charge in [0.1, 0.15) is 0 Å². The van der Waals surface area contributed by atoms with E-state index in [0.717, 1.165) is 11.1 Å². The molecule has 0 amide bonds. The van der Waals surface area contributed by atoms with Gasteiger partial charge in [-0.1, -0.05) is 54.1 Å². The molecule has 2 aromatic rings. The fourth-order valence-corrected chi connectivity index (χ4v) is 1.96. The Morgan fingerprint density at radius 3 is 2.55 bits per heavy atom. The largest absolute Gasteiger partial charge is 0.454 e. The van der Waals surface area contributed by atoms with Crippen LogP contribution in [0.25, 0.3) is 6.08 Å². The number of carbonyl (C=O) groups is 2. The number of esters is 1. The van der Waals surface area contributed by atoms with Crippen molar-refractivity contribution in [3.8, 4) is 0 Å². The van der Waals surface area contributed by atoms with E-state index in [1.165, 1.54) is 6.08 Å². The Hall–Kier alpha value is -2.39. The molecule has 0 fully saturated rings. The number of hydrogen-bond donors (Lipinski definition) is 0. The Morgan fingerprint density at radius 2 is 1.86 bits per heavy atom. The fourth-order valence-electron chi connectivity index (χ4n) is 1.77. The molecule has 0 aliphatic carbocycles. The lowest BCUT2D eigenvalue weighted by molar-refractivity contribution is -0.136. The number of Topliss-reactive ketones (excluding diaryl/α,β-unsaturated/α-hetero) is 1. The second-order valence-electron chi connectivity index (χ2n) is 4.74. The summed E-state index contributed by atoms with van der Waals surface area (Å²) >= 11 is 6.00. The van der Waals surface area contributed by atoms with Crippen LogP contribution in [0.4, 0.5) is 0 Å². The smallest absolute Gasteiger partial charge is 0.331 e. The zero-order valence-electron chi connectivity index (χ0n) is 12.1. The molecule has 0 unspecified atom stereocenters. The molecule has 0 N–H and O–H groups in total. The zero-order valence-corrected chi connectivity index (χ0v) is 12.8. The molecular weight excluding hydrogens is 300 g/mol. The third-order valence-corrected chi connectivity index (χ3v) is 3.46. The van der Waals surface area contributed by atoms with E-state index in [9.17, 15) is 9.59 Å². The van der Waals surface area contributed by atoms with Crippen LogP contribution in [0.3, 0.4) is 0 Å². The quantitative estimate of drug-likeness (QED) is 0.474. The van der Waals surface area contributed by atoms with Gasteiger partial charge in [-0.15, -0.1) is 0 Å². The third kappa shape index (κ3) is 4.57. The highest BCUT2D eigenvalue weighted by atomic mass is 35.5. The maximum absolute atomic E-state index is 11.8. The molecule has 2 rings (SSSR count). The number of hydrogen-bond acceptors (Lipinski definition) is 3. The van der Waals surface area contributed by atoms with E-state index in [4.69, 9.17) is 16.3 Å². The lowest BCUT2D eigenvalue weighted by Crippen LogP contribution is -2.12. The number of benzene rings is 2. The van der Waals surface area contributed by atoms with Crippen molar-refractivity contribution in [3.05, 3.63) is 76.3 Å². The number of rotatable bonds is 5. The molecule has 0 radical (unpaired) electrons. The number of ether oxygens (including phenoxy) is 1. The lowest BCUT2D eigenvalue weighted by Gasteiger charge is -2.02. The van der Waals surface area contributed by atoms with Crippen LogP contribution in [0.5, 0.6) is 0 Å². The Labute approximate surface area is 134 Å². The number of carbonyl (C=O) groups excluding carboxylic acids is 2. The molecule has 0 bridgehead atoms. The third-order valence-electron chi connectivity index (χ3n) is 3.05. The molecule has 4 heteroatoms. The van der Waals surface area contributed by atoms with Crippen molar-refractivity contribution in [1.82, 2.24) is 0 Å². The number of aryl methyl sites for hydroxylation is 1. The summed E-state index contributed by atoms with van der Waals surface area (Å²) in [6.45, 7) is 1.63. The topological polar surface area (TPSA) is 43.4 Å². The molecule has 0 atom stereocenters. The highest BCUT2D eigenvalue weighted by molar-refractivity contribution is 6.31. The minimum absolute atomic E-state index is 0.235. The van der Waals surface area contributed by atoms with Crippen molar-refractivity contribution < 1.29 is 14.3 Å². The summed E-state index contributed by atoms with van der Waals surface area (Å²) in [4.78, 5) is 23.4. The van der Waals surface area contributed by atoms with Gasteiger partial charge < -0.3 is 4.74 Å². The first-order valence-electron chi connectivity index (χ1n) is 6.75. The Bertz CT molecular complexity index is 706. The maximum Gasteiger partial charge on any atom is 0.331 e. The van der Waals surface area contributed by atoms with Gasteiger partial charge in [-0.2, -0.15) is 0 Å². The van der Waals surface area contributed by atoms with Gasteiger partial charge in [-0.05, 0) is 30.2 Å². The van der Waals surface area contributed by atoms with Crippen LogP contribution in [0, 0.1) is 6.92 Å². The van der Waals surface area contributed by atoms with E-state index in [0.29, 0.717) is 10.6 Å². The molecule has 0 saturated carbocycles. The molecule has 0 spiro atoms. The van der Waals surface area contributed by atoms with Gasteiger partial charge in [0, 0.05) is 16.7 Å². The molecular formula is C18H15ClO3. The maximum atomic E-state index is 11.8. The number of ketones is 1. The molecule has 0 aliphatic rings. The second-order valence-corrected chi connectivity index (χ2v) is 5.15. The van der Waals surface area contributed by atoms with Gasteiger partial charge in [0.05, 0.1) is 0 Å². The molecule has 112 valence electrons. The van der Waals surface area contributed by atoms with Gasteiger partial charge >= 0.3 is 5.97 Å². The van der Waals surface area contributed by atoms with Crippen molar-refractivity contribution in [2.24, 2.45) is 0 Å². The summed E-state index contributed by atoms with van der Waals surface area (Å²) in [5.74, 6) is -0.804. The van der Waals surface area contributed by atoms with Crippen LogP contribution in [0.2, 0.25) is 5.02 Å². The summed E-state index contributed by atoms with van der Waals surface area (Å²) in [5, 5.41) is 0.634. The number of halogens is 1. The van der Waals surface area contributed by atoms with Crippen LogP contribution in [-0.4, -0.2) is 18.4 Å². The fraction of sp³-hybridized carbons (Fsp3) is 0.111. The molecule has 0 aromatic heterocycles. The normalized spacial score (nSPS) is 10.6. The summed E-state index contributed by atoms with van der Waals surface area (Å²) in [6.07, 6.45) is 2.87. The van der Waals surface area contributed by atoms with E-state index in [1.54, 1.807) is 36.4 Å². The standard InChI is InChI=1S/C18H15ClO3/c1-13-7-8-14(11-16(13)19)9-10-18(21)22-12-17(20)15-5-3-2-4-6-15/h2-11H,12H2,1H3/b10-9+. The Morgan fingerprint density at radius 1 is 1.14 bits per heavy atom. The SMILES string of the molecule is Cc1ccc(/C=C/C(=O)OCC(=O)c2ccccc2)cc1Cl. The molecule has 0 aliphatic heterocycles. The molecule has 2 aromatic carbocycles. The first kappa shape index (κ1) is 16.0. The minimum atomic E-state index is -0.569. The summed E-state index contributed by atoms with van der Waals surface area (Å²) in [5.41, 5.74) is 2.28. The van der Waals surface area contributed by atoms with Crippen LogP contribution in [0.15, 0.2) is 54.6 Å². The van der Waals surface area contributed by atoms with Gasteiger partial charge in [0.15, 0.2) is 12.4 Å². The summed E-state index contributed by atoms with van der Waals surface area (Å²) in [6, 6.07) is 14.2. The van der Waals surface area contributed by atoms with Crippen LogP contribution in [-0.2, 0) is 9.53 Å². The molecule has 0 saturated heterocycles. The summed E-state index contributed by atoms with van der Waals surface area (Å²) in [7, 11) is 0. The van der Waals surface area contributed by atoms with E-state index < -0.39 is 5.97 Å². The Balaban J connectivity index is 1.89. The predicted octanol–water partition coefficient (Wildman–Crippen LogP) is 4.09. The van der Waals surface area contributed by atoms with Crippen LogP contribution >= 0.6 is 11.6 Å². The predicted molar refractivity (Wildman–Crippen MR) is 87.0 cm³/mol. The Kier molecular flexibility index (Phi) is 5.50. The van der Waals surface area contributed by atoms with Crippen molar-refractivity contribution in [2.75, 3.05) is 6.61 Å². The average molecular weight is 315 g/mol. The van der Waals surface area contributed by atoms with E-state index in [1.807, 2.05) is 25.1 Å². The zero-order chi connectivity index (χ0) is 15.9.